The fraction of sp³-hybridized carbons (Fsp3) is 0.133. The summed E-state index contributed by atoms with van der Waals surface area (Å²) in [5.41, 5.74) is 0.394. The average molecular weight is 410 g/mol. The summed E-state index contributed by atoms with van der Waals surface area (Å²) in [6.45, 7) is 0.407. The van der Waals surface area contributed by atoms with E-state index in [4.69, 9.17) is 4.42 Å². The van der Waals surface area contributed by atoms with Crippen molar-refractivity contribution in [3.63, 3.8) is 0 Å². The third kappa shape index (κ3) is 3.57. The van der Waals surface area contributed by atoms with E-state index in [0.717, 1.165) is 4.47 Å². The number of halogens is 1. The van der Waals surface area contributed by atoms with Crippen LogP contribution in [0.5, 0.6) is 0 Å². The molecular weight excluding hydrogens is 398 g/mol. The van der Waals surface area contributed by atoms with Gasteiger partial charge < -0.3 is 14.5 Å². The first kappa shape index (κ1) is 16.5. The van der Waals surface area contributed by atoms with Crippen LogP contribution in [0.25, 0.3) is 0 Å². The lowest BCUT2D eigenvalue weighted by atomic mass is 10.3. The molecule has 0 bridgehead atoms. The van der Waals surface area contributed by atoms with Crippen LogP contribution < -0.4 is 5.32 Å². The van der Waals surface area contributed by atoms with E-state index in [0.29, 0.717) is 22.9 Å². The van der Waals surface area contributed by atoms with Gasteiger partial charge in [-0.3, -0.25) is 9.48 Å². The summed E-state index contributed by atoms with van der Waals surface area (Å²) in [5, 5.41) is 8.48. The molecule has 3 rings (SSSR count). The molecule has 0 spiro atoms. The maximum atomic E-state index is 12.3. The number of carbonyl (C=O) groups excluding carboxylic acids is 2. The van der Waals surface area contributed by atoms with Crippen molar-refractivity contribution in [1.29, 1.82) is 0 Å². The Hall–Kier alpha value is -2.39. The monoisotopic (exact) mass is 409 g/mol. The maximum absolute atomic E-state index is 12.3. The van der Waals surface area contributed by atoms with Crippen molar-refractivity contribution < 1.29 is 18.7 Å². The number of aromatic nitrogens is 2. The average Bonchev–Trinajstić information content (AvgIpc) is 3.28. The number of ether oxygens (including phenoxy) is 1. The molecule has 3 aromatic rings. The number of rotatable bonds is 5. The van der Waals surface area contributed by atoms with E-state index in [9.17, 15) is 9.59 Å². The minimum Gasteiger partial charge on any atom is -0.465 e. The van der Waals surface area contributed by atoms with Crippen molar-refractivity contribution in [2.24, 2.45) is 0 Å². The first-order valence-electron chi connectivity index (χ1n) is 6.80. The van der Waals surface area contributed by atoms with Crippen LogP contribution in [-0.4, -0.2) is 28.8 Å². The van der Waals surface area contributed by atoms with Gasteiger partial charge >= 0.3 is 5.97 Å². The number of furan rings is 1. The van der Waals surface area contributed by atoms with Gasteiger partial charge in [-0.25, -0.2) is 4.79 Å². The highest BCUT2D eigenvalue weighted by Crippen LogP contribution is 2.24. The number of amides is 1. The van der Waals surface area contributed by atoms with Gasteiger partial charge in [0.15, 0.2) is 5.76 Å². The standard InChI is InChI=1S/C15H12BrN3O4S/c1-22-15(21)13-11(4-5-24-13)18-14(20)12-3-2-10(23-12)8-19-7-9(16)6-17-19/h2-7H,8H2,1H3,(H,18,20). The largest absolute Gasteiger partial charge is 0.465 e. The minimum absolute atomic E-state index is 0.151. The van der Waals surface area contributed by atoms with Crippen molar-refractivity contribution in [3.8, 4) is 0 Å². The molecule has 3 heterocycles. The maximum Gasteiger partial charge on any atom is 0.350 e. The lowest BCUT2D eigenvalue weighted by Crippen LogP contribution is -2.13. The predicted molar refractivity (Wildman–Crippen MR) is 91.3 cm³/mol. The number of hydrogen-bond donors (Lipinski definition) is 1. The molecule has 7 nitrogen and oxygen atoms in total. The van der Waals surface area contributed by atoms with Gasteiger partial charge in [0.1, 0.15) is 10.6 Å². The third-order valence-corrected chi connectivity index (χ3v) is 4.39. The second-order valence-corrected chi connectivity index (χ2v) is 6.56. The van der Waals surface area contributed by atoms with Gasteiger partial charge in [-0.2, -0.15) is 5.10 Å². The zero-order valence-electron chi connectivity index (χ0n) is 12.5. The Balaban J connectivity index is 1.70. The van der Waals surface area contributed by atoms with E-state index < -0.39 is 11.9 Å². The summed E-state index contributed by atoms with van der Waals surface area (Å²) < 4.78 is 12.8. The Morgan fingerprint density at radius 1 is 1.42 bits per heavy atom. The Bertz CT molecular complexity index is 883. The van der Waals surface area contributed by atoms with Crippen LogP contribution >= 0.6 is 27.3 Å². The van der Waals surface area contributed by atoms with Crippen molar-refractivity contribution in [2.45, 2.75) is 6.54 Å². The fourth-order valence-corrected chi connectivity index (χ4v) is 3.11. The molecule has 0 radical (unpaired) electrons. The van der Waals surface area contributed by atoms with E-state index in [1.807, 2.05) is 0 Å². The SMILES string of the molecule is COC(=O)c1sccc1NC(=O)c1ccc(Cn2cc(Br)cn2)o1. The number of carbonyl (C=O) groups is 2. The second kappa shape index (κ2) is 7.02. The summed E-state index contributed by atoms with van der Waals surface area (Å²) in [6, 6.07) is 4.92. The van der Waals surface area contributed by atoms with Crippen molar-refractivity contribution in [1.82, 2.24) is 9.78 Å². The van der Waals surface area contributed by atoms with Gasteiger partial charge in [-0.1, -0.05) is 0 Å². The summed E-state index contributed by atoms with van der Waals surface area (Å²) in [7, 11) is 1.29. The van der Waals surface area contributed by atoms with Crippen LogP contribution in [0.3, 0.4) is 0 Å². The molecule has 0 saturated carbocycles. The van der Waals surface area contributed by atoms with Crippen LogP contribution in [0.4, 0.5) is 5.69 Å². The number of thiophene rings is 1. The van der Waals surface area contributed by atoms with Crippen molar-refractivity contribution in [2.75, 3.05) is 12.4 Å². The molecule has 1 N–H and O–H groups in total. The van der Waals surface area contributed by atoms with Gasteiger partial charge in [-0.15, -0.1) is 11.3 Å². The van der Waals surface area contributed by atoms with E-state index >= 15 is 0 Å². The molecule has 0 aliphatic carbocycles. The Morgan fingerprint density at radius 2 is 2.25 bits per heavy atom. The Morgan fingerprint density at radius 3 is 2.96 bits per heavy atom. The number of anilines is 1. The zero-order valence-corrected chi connectivity index (χ0v) is 14.9. The van der Waals surface area contributed by atoms with E-state index in [1.54, 1.807) is 40.7 Å². The van der Waals surface area contributed by atoms with Gasteiger partial charge in [-0.05, 0) is 39.5 Å². The molecule has 0 aliphatic rings. The molecule has 24 heavy (non-hydrogen) atoms. The molecular formula is C15H12BrN3O4S. The first-order valence-corrected chi connectivity index (χ1v) is 8.48. The highest BCUT2D eigenvalue weighted by molar-refractivity contribution is 9.10. The van der Waals surface area contributed by atoms with E-state index in [2.05, 4.69) is 31.1 Å². The van der Waals surface area contributed by atoms with Crippen LogP contribution in [-0.2, 0) is 11.3 Å². The normalized spacial score (nSPS) is 10.6. The van der Waals surface area contributed by atoms with Crippen LogP contribution in [0.2, 0.25) is 0 Å². The van der Waals surface area contributed by atoms with Crippen molar-refractivity contribution in [3.05, 3.63) is 56.8 Å². The van der Waals surface area contributed by atoms with Crippen LogP contribution in [0.1, 0.15) is 26.0 Å². The number of nitrogens with zero attached hydrogens (tertiary/aromatic N) is 2. The van der Waals surface area contributed by atoms with E-state index in [-0.39, 0.29) is 5.76 Å². The van der Waals surface area contributed by atoms with Gasteiger partial charge in [0.05, 0.1) is 30.0 Å². The predicted octanol–water partition coefficient (Wildman–Crippen LogP) is 3.39. The molecule has 124 valence electrons. The lowest BCUT2D eigenvalue weighted by molar-refractivity contribution is 0.0607. The fourth-order valence-electron chi connectivity index (χ4n) is 2.01. The second-order valence-electron chi connectivity index (χ2n) is 4.73. The molecule has 9 heteroatoms. The quantitative estimate of drug-likeness (QED) is 0.652. The number of methoxy groups -OCH3 is 1. The van der Waals surface area contributed by atoms with Gasteiger partial charge in [0.25, 0.3) is 5.91 Å². The van der Waals surface area contributed by atoms with Crippen LogP contribution in [0.15, 0.2) is 44.9 Å². The number of nitrogens with one attached hydrogen (secondary N) is 1. The van der Waals surface area contributed by atoms with Crippen molar-refractivity contribution >= 4 is 44.8 Å². The lowest BCUT2D eigenvalue weighted by Gasteiger charge is -2.03. The molecule has 0 atom stereocenters. The Labute approximate surface area is 149 Å². The third-order valence-electron chi connectivity index (χ3n) is 3.09. The highest BCUT2D eigenvalue weighted by Gasteiger charge is 2.18. The number of hydrogen-bond acceptors (Lipinski definition) is 6. The topological polar surface area (TPSA) is 86.4 Å². The summed E-state index contributed by atoms with van der Waals surface area (Å²) >= 11 is 4.51. The van der Waals surface area contributed by atoms with Gasteiger partial charge in [0.2, 0.25) is 0 Å². The summed E-state index contributed by atoms with van der Waals surface area (Å²) in [4.78, 5) is 24.2. The highest BCUT2D eigenvalue weighted by atomic mass is 79.9. The minimum atomic E-state index is -0.496. The zero-order chi connectivity index (χ0) is 17.1. The molecule has 0 unspecified atom stereocenters. The van der Waals surface area contributed by atoms with E-state index in [1.165, 1.54) is 18.4 Å². The number of esters is 1. The first-order chi connectivity index (χ1) is 11.6. The molecule has 0 fully saturated rings. The molecule has 0 aromatic carbocycles. The summed E-state index contributed by atoms with van der Waals surface area (Å²) in [6.07, 6.45) is 3.47. The molecule has 1 amide bonds. The van der Waals surface area contributed by atoms with Gasteiger partial charge in [0, 0.05) is 6.20 Å². The summed E-state index contributed by atoms with van der Waals surface area (Å²) in [5.74, 6) is -0.191. The molecule has 0 saturated heterocycles. The molecule has 3 aromatic heterocycles. The smallest absolute Gasteiger partial charge is 0.350 e. The Kier molecular flexibility index (Phi) is 4.81. The molecule has 0 aliphatic heterocycles. The van der Waals surface area contributed by atoms with Crippen LogP contribution in [0, 0.1) is 0 Å².